The average Bonchev–Trinajstić information content (AvgIpc) is 3.33. The Balaban J connectivity index is 2.07. The van der Waals surface area contributed by atoms with Crippen molar-refractivity contribution in [2.24, 2.45) is 0 Å². The lowest BCUT2D eigenvalue weighted by Crippen LogP contribution is -2.56. The Labute approximate surface area is 236 Å². The van der Waals surface area contributed by atoms with Crippen molar-refractivity contribution in [3.8, 4) is 0 Å². The highest BCUT2D eigenvalue weighted by atomic mass is 16.6. The fourth-order valence-electron chi connectivity index (χ4n) is 3.86. The van der Waals surface area contributed by atoms with Crippen LogP contribution in [0.1, 0.15) is 83.2 Å². The molecular weight excluding hydrogens is 516 g/mol. The van der Waals surface area contributed by atoms with E-state index in [1.54, 1.807) is 34.6 Å². The molecule has 1 atom stereocenters. The topological polar surface area (TPSA) is 152 Å². The van der Waals surface area contributed by atoms with Gasteiger partial charge in [0.2, 0.25) is 5.91 Å². The number of rotatable bonds is 15. The number of hydrogen-bond acceptors (Lipinski definition) is 8. The van der Waals surface area contributed by atoms with Crippen LogP contribution in [0.5, 0.6) is 0 Å². The molecule has 0 spiro atoms. The van der Waals surface area contributed by atoms with Crippen LogP contribution < -0.4 is 16.0 Å². The van der Waals surface area contributed by atoms with Gasteiger partial charge >= 0.3 is 12.2 Å². The molecule has 40 heavy (non-hydrogen) atoms. The number of aromatic nitrogens is 1. The zero-order chi connectivity index (χ0) is 29.6. The van der Waals surface area contributed by atoms with E-state index in [4.69, 9.17) is 19.1 Å². The molecule has 4 N–H and O–H groups in total. The van der Waals surface area contributed by atoms with Crippen molar-refractivity contribution in [3.63, 3.8) is 0 Å². The molecule has 222 valence electrons. The van der Waals surface area contributed by atoms with E-state index in [-0.39, 0.29) is 13.2 Å². The van der Waals surface area contributed by atoms with Gasteiger partial charge in [-0.15, -0.1) is 0 Å². The Kier molecular flexibility index (Phi) is 12.9. The van der Waals surface area contributed by atoms with Crippen LogP contribution in [0.4, 0.5) is 9.59 Å². The van der Waals surface area contributed by atoms with Crippen LogP contribution in [0.3, 0.4) is 0 Å². The van der Waals surface area contributed by atoms with Gasteiger partial charge in [0.25, 0.3) is 0 Å². The standard InChI is InChI=1S/C29H44N4O7/c1-28(2,3)40-27(37)32-29(4,5)25(35)31-23(15-11-14-21-12-7-6-8-13-21)24-22(20-39-33-24)16-19-38-26(36)30-17-9-10-18-34/h6-8,12-13,20,23,34H,9-11,14-19H2,1-5H3,(H,30,36)(H,31,35)(H,32,37). The number of amides is 3. The maximum absolute atomic E-state index is 13.3. The molecule has 0 fully saturated rings. The van der Waals surface area contributed by atoms with Gasteiger partial charge in [0.1, 0.15) is 23.1 Å². The van der Waals surface area contributed by atoms with Gasteiger partial charge in [-0.05, 0) is 72.3 Å². The van der Waals surface area contributed by atoms with Crippen LogP contribution in [0.25, 0.3) is 0 Å². The van der Waals surface area contributed by atoms with Gasteiger partial charge in [-0.25, -0.2) is 9.59 Å². The van der Waals surface area contributed by atoms with Crippen LogP contribution in [0, 0.1) is 0 Å². The summed E-state index contributed by atoms with van der Waals surface area (Å²) in [4.78, 5) is 37.6. The summed E-state index contributed by atoms with van der Waals surface area (Å²) in [7, 11) is 0. The second-order valence-electron chi connectivity index (χ2n) is 11.1. The Bertz CT molecular complexity index is 1060. The fourth-order valence-corrected chi connectivity index (χ4v) is 3.86. The first-order valence-corrected chi connectivity index (χ1v) is 13.7. The van der Waals surface area contributed by atoms with Crippen molar-refractivity contribution >= 4 is 18.1 Å². The van der Waals surface area contributed by atoms with Gasteiger partial charge in [0, 0.05) is 25.1 Å². The van der Waals surface area contributed by atoms with E-state index in [0.29, 0.717) is 43.5 Å². The summed E-state index contributed by atoms with van der Waals surface area (Å²) in [6.07, 6.45) is 3.98. The molecule has 1 aromatic carbocycles. The lowest BCUT2D eigenvalue weighted by atomic mass is 9.97. The van der Waals surface area contributed by atoms with E-state index >= 15 is 0 Å². The molecule has 0 saturated carbocycles. The molecule has 1 heterocycles. The van der Waals surface area contributed by atoms with Gasteiger partial charge < -0.3 is 35.1 Å². The number of nitrogens with zero attached hydrogens (tertiary/aromatic N) is 1. The molecule has 11 heteroatoms. The number of aryl methyl sites for hydroxylation is 1. The number of aliphatic hydroxyl groups excluding tert-OH is 1. The summed E-state index contributed by atoms with van der Waals surface area (Å²) in [5.41, 5.74) is 0.460. The molecule has 0 saturated heterocycles. The highest BCUT2D eigenvalue weighted by Gasteiger charge is 2.34. The molecule has 0 aliphatic carbocycles. The number of aliphatic hydroxyl groups is 1. The summed E-state index contributed by atoms with van der Waals surface area (Å²) in [6, 6.07) is 9.53. The third-order valence-electron chi connectivity index (χ3n) is 5.95. The second kappa shape index (κ2) is 15.9. The number of alkyl carbamates (subject to hydrolysis) is 2. The number of ether oxygens (including phenoxy) is 2. The van der Waals surface area contributed by atoms with Gasteiger partial charge in [0.05, 0.1) is 12.6 Å². The second-order valence-corrected chi connectivity index (χ2v) is 11.1. The van der Waals surface area contributed by atoms with Gasteiger partial charge in [-0.3, -0.25) is 4.79 Å². The quantitative estimate of drug-likeness (QED) is 0.237. The van der Waals surface area contributed by atoms with Crippen molar-refractivity contribution in [1.82, 2.24) is 21.1 Å². The summed E-state index contributed by atoms with van der Waals surface area (Å²) in [6.45, 7) is 9.03. The van der Waals surface area contributed by atoms with Crippen molar-refractivity contribution < 1.29 is 33.5 Å². The first-order chi connectivity index (χ1) is 18.9. The van der Waals surface area contributed by atoms with E-state index in [1.807, 2.05) is 18.2 Å². The molecule has 2 aromatic rings. The fraction of sp³-hybridized carbons (Fsp3) is 0.586. The van der Waals surface area contributed by atoms with Crippen molar-refractivity contribution in [2.75, 3.05) is 19.8 Å². The predicted octanol–water partition coefficient (Wildman–Crippen LogP) is 4.20. The largest absolute Gasteiger partial charge is 0.449 e. The van der Waals surface area contributed by atoms with Gasteiger partial charge in [0.15, 0.2) is 0 Å². The molecular formula is C29H44N4O7. The van der Waals surface area contributed by atoms with E-state index < -0.39 is 35.3 Å². The molecule has 0 aliphatic heterocycles. The number of benzene rings is 1. The minimum absolute atomic E-state index is 0.0737. The van der Waals surface area contributed by atoms with Crippen LogP contribution in [0.2, 0.25) is 0 Å². The normalized spacial score (nSPS) is 12.3. The van der Waals surface area contributed by atoms with E-state index in [1.165, 1.54) is 11.8 Å². The zero-order valence-corrected chi connectivity index (χ0v) is 24.2. The van der Waals surface area contributed by atoms with Crippen LogP contribution >= 0.6 is 0 Å². The van der Waals surface area contributed by atoms with Crippen LogP contribution in [-0.2, 0) is 27.1 Å². The van der Waals surface area contributed by atoms with Gasteiger partial charge in [-0.2, -0.15) is 0 Å². The highest BCUT2D eigenvalue weighted by Crippen LogP contribution is 2.24. The smallest absolute Gasteiger partial charge is 0.408 e. The first-order valence-electron chi connectivity index (χ1n) is 13.7. The van der Waals surface area contributed by atoms with Crippen molar-refractivity contribution in [1.29, 1.82) is 0 Å². The zero-order valence-electron chi connectivity index (χ0n) is 24.2. The number of hydrogen-bond donors (Lipinski definition) is 4. The van der Waals surface area contributed by atoms with E-state index in [9.17, 15) is 14.4 Å². The van der Waals surface area contributed by atoms with E-state index in [2.05, 4.69) is 33.2 Å². The maximum Gasteiger partial charge on any atom is 0.408 e. The molecule has 3 amide bonds. The Hall–Kier alpha value is -3.60. The number of carbonyl (C=O) groups excluding carboxylic acids is 3. The maximum atomic E-state index is 13.3. The number of carbonyl (C=O) groups is 3. The summed E-state index contributed by atoms with van der Waals surface area (Å²) in [5.74, 6) is -0.407. The summed E-state index contributed by atoms with van der Waals surface area (Å²) >= 11 is 0. The monoisotopic (exact) mass is 560 g/mol. The third kappa shape index (κ3) is 12.1. The molecule has 11 nitrogen and oxygen atoms in total. The molecule has 1 aromatic heterocycles. The third-order valence-corrected chi connectivity index (χ3v) is 5.95. The van der Waals surface area contributed by atoms with Crippen molar-refractivity contribution in [3.05, 3.63) is 53.4 Å². The lowest BCUT2D eigenvalue weighted by molar-refractivity contribution is -0.127. The molecule has 0 aliphatic rings. The van der Waals surface area contributed by atoms with E-state index in [0.717, 1.165) is 12.8 Å². The Morgan fingerprint density at radius 1 is 1.00 bits per heavy atom. The average molecular weight is 561 g/mol. The minimum atomic E-state index is -1.26. The Morgan fingerprint density at radius 2 is 1.73 bits per heavy atom. The Morgan fingerprint density at radius 3 is 2.40 bits per heavy atom. The lowest BCUT2D eigenvalue weighted by Gasteiger charge is -2.29. The SMILES string of the molecule is CC(C)(C)OC(=O)NC(C)(C)C(=O)NC(CCCc1ccccc1)c1nocc1CCOC(=O)NCCCCO. The van der Waals surface area contributed by atoms with Gasteiger partial charge in [-0.1, -0.05) is 35.5 Å². The summed E-state index contributed by atoms with van der Waals surface area (Å²) in [5, 5.41) is 21.3. The van der Waals surface area contributed by atoms with Crippen molar-refractivity contribution in [2.45, 2.75) is 90.3 Å². The minimum Gasteiger partial charge on any atom is -0.449 e. The molecule has 1 unspecified atom stereocenters. The predicted molar refractivity (Wildman–Crippen MR) is 150 cm³/mol. The summed E-state index contributed by atoms with van der Waals surface area (Å²) < 4.78 is 15.8. The highest BCUT2D eigenvalue weighted by molar-refractivity contribution is 5.89. The molecule has 2 rings (SSSR count). The van der Waals surface area contributed by atoms with Crippen LogP contribution in [0.15, 0.2) is 41.1 Å². The number of unbranched alkanes of at least 4 members (excludes halogenated alkanes) is 1. The van der Waals surface area contributed by atoms with Crippen LogP contribution in [-0.4, -0.2) is 59.3 Å². The number of nitrogens with one attached hydrogen (secondary N) is 3. The molecule has 0 bridgehead atoms. The first kappa shape index (κ1) is 32.6. The molecule has 0 radical (unpaired) electrons.